The van der Waals surface area contributed by atoms with Gasteiger partial charge in [0.1, 0.15) is 5.60 Å². The van der Waals surface area contributed by atoms with Crippen LogP contribution in [0, 0.1) is 11.8 Å². The van der Waals surface area contributed by atoms with Crippen LogP contribution in [0.3, 0.4) is 0 Å². The number of amides is 1. The number of nitrogens with one attached hydrogen (secondary N) is 2. The van der Waals surface area contributed by atoms with Crippen molar-refractivity contribution in [2.75, 3.05) is 19.6 Å². The Morgan fingerprint density at radius 2 is 1.88 bits per heavy atom. The molecular weight excluding hydrogens is 312 g/mol. The molecule has 1 heterocycles. The summed E-state index contributed by atoms with van der Waals surface area (Å²) in [6.07, 6.45) is 3.15. The van der Waals surface area contributed by atoms with Crippen LogP contribution in [-0.4, -0.2) is 31.3 Å². The maximum absolute atomic E-state index is 12.1. The van der Waals surface area contributed by atoms with Crippen molar-refractivity contribution in [1.82, 2.24) is 10.6 Å². The summed E-state index contributed by atoms with van der Waals surface area (Å²) in [5.74, 6) is 1.62. The van der Waals surface area contributed by atoms with Crippen LogP contribution in [0.25, 0.3) is 0 Å². The van der Waals surface area contributed by atoms with Gasteiger partial charge >= 0.3 is 6.09 Å². The molecule has 1 fully saturated rings. The first-order chi connectivity index (χ1) is 11.8. The first-order valence-corrected chi connectivity index (χ1v) is 9.57. The molecule has 1 amide bonds. The highest BCUT2D eigenvalue weighted by Crippen LogP contribution is 2.31. The zero-order valence-corrected chi connectivity index (χ0v) is 16.2. The molecule has 0 saturated carbocycles. The smallest absolute Gasteiger partial charge is 0.407 e. The van der Waals surface area contributed by atoms with Gasteiger partial charge in [0.2, 0.25) is 0 Å². The number of carbonyl (C=O) groups excluding carboxylic acids is 1. The number of piperidine rings is 1. The van der Waals surface area contributed by atoms with Crippen LogP contribution in [0.15, 0.2) is 30.3 Å². The standard InChI is InChI=1S/C21H34N2O2/c1-16(17-8-6-5-7-9-17)14-19(18-10-12-22-13-11-18)15-23-20(24)25-21(2,3)4/h5-9,16,18-19,22H,10-15H2,1-4H3,(H,23,24)/t16-,19+/m1/s1. The number of hydrogen-bond acceptors (Lipinski definition) is 3. The van der Waals surface area contributed by atoms with E-state index in [-0.39, 0.29) is 6.09 Å². The number of carbonyl (C=O) groups is 1. The van der Waals surface area contributed by atoms with Crippen molar-refractivity contribution in [1.29, 1.82) is 0 Å². The Hall–Kier alpha value is -1.55. The molecule has 0 bridgehead atoms. The van der Waals surface area contributed by atoms with Crippen molar-refractivity contribution in [2.24, 2.45) is 11.8 Å². The van der Waals surface area contributed by atoms with E-state index in [0.29, 0.717) is 24.3 Å². The SMILES string of the molecule is C[C@H](C[C@@H](CNC(=O)OC(C)(C)C)C1CCNCC1)c1ccccc1. The average molecular weight is 347 g/mol. The van der Waals surface area contributed by atoms with Gasteiger partial charge < -0.3 is 15.4 Å². The van der Waals surface area contributed by atoms with Crippen molar-refractivity contribution in [3.63, 3.8) is 0 Å². The highest BCUT2D eigenvalue weighted by Gasteiger charge is 2.27. The van der Waals surface area contributed by atoms with E-state index in [0.717, 1.165) is 19.5 Å². The van der Waals surface area contributed by atoms with E-state index in [1.165, 1.54) is 18.4 Å². The number of alkyl carbamates (subject to hydrolysis) is 1. The summed E-state index contributed by atoms with van der Waals surface area (Å²) in [5, 5.41) is 6.45. The minimum atomic E-state index is -0.453. The Morgan fingerprint density at radius 1 is 1.24 bits per heavy atom. The summed E-state index contributed by atoms with van der Waals surface area (Å²) >= 11 is 0. The number of hydrogen-bond donors (Lipinski definition) is 2. The first-order valence-electron chi connectivity index (χ1n) is 9.57. The molecule has 140 valence electrons. The lowest BCUT2D eigenvalue weighted by atomic mass is 9.78. The highest BCUT2D eigenvalue weighted by atomic mass is 16.6. The molecule has 2 rings (SSSR count). The monoisotopic (exact) mass is 346 g/mol. The van der Waals surface area contributed by atoms with Gasteiger partial charge in [-0.15, -0.1) is 0 Å². The average Bonchev–Trinajstić information content (AvgIpc) is 2.58. The quantitative estimate of drug-likeness (QED) is 0.806. The lowest BCUT2D eigenvalue weighted by Gasteiger charge is -2.33. The van der Waals surface area contributed by atoms with Gasteiger partial charge in [-0.25, -0.2) is 4.79 Å². The minimum absolute atomic E-state index is 0.307. The van der Waals surface area contributed by atoms with Crippen molar-refractivity contribution in [3.05, 3.63) is 35.9 Å². The Labute approximate surface area is 152 Å². The van der Waals surface area contributed by atoms with E-state index in [9.17, 15) is 4.79 Å². The highest BCUT2D eigenvalue weighted by molar-refractivity contribution is 5.67. The predicted molar refractivity (Wildman–Crippen MR) is 103 cm³/mol. The molecular formula is C21H34N2O2. The zero-order valence-electron chi connectivity index (χ0n) is 16.2. The predicted octanol–water partition coefficient (Wildman–Crippen LogP) is 4.32. The van der Waals surface area contributed by atoms with Crippen molar-refractivity contribution in [3.8, 4) is 0 Å². The van der Waals surface area contributed by atoms with E-state index < -0.39 is 5.60 Å². The van der Waals surface area contributed by atoms with E-state index in [4.69, 9.17) is 4.74 Å². The maximum Gasteiger partial charge on any atom is 0.407 e. The summed E-state index contributed by atoms with van der Waals surface area (Å²) in [4.78, 5) is 12.1. The fourth-order valence-electron chi connectivity index (χ4n) is 3.66. The third-order valence-corrected chi connectivity index (χ3v) is 4.98. The molecule has 25 heavy (non-hydrogen) atoms. The number of benzene rings is 1. The Bertz CT molecular complexity index is 518. The molecule has 1 aromatic carbocycles. The van der Waals surface area contributed by atoms with Gasteiger partial charge in [-0.05, 0) is 76.4 Å². The molecule has 1 aromatic rings. The second kappa shape index (κ2) is 9.23. The Morgan fingerprint density at radius 3 is 2.48 bits per heavy atom. The number of ether oxygens (including phenoxy) is 1. The molecule has 0 unspecified atom stereocenters. The summed E-state index contributed by atoms with van der Waals surface area (Å²) in [6, 6.07) is 10.7. The molecule has 1 aliphatic heterocycles. The molecule has 2 atom stereocenters. The maximum atomic E-state index is 12.1. The van der Waals surface area contributed by atoms with Gasteiger partial charge in [-0.2, -0.15) is 0 Å². The van der Waals surface area contributed by atoms with E-state index in [1.807, 2.05) is 20.8 Å². The third-order valence-electron chi connectivity index (χ3n) is 4.98. The normalized spacial score (nSPS) is 18.4. The minimum Gasteiger partial charge on any atom is -0.444 e. The lowest BCUT2D eigenvalue weighted by molar-refractivity contribution is 0.0507. The van der Waals surface area contributed by atoms with Gasteiger partial charge in [0.05, 0.1) is 0 Å². The summed E-state index contributed by atoms with van der Waals surface area (Å²) in [6.45, 7) is 10.8. The van der Waals surface area contributed by atoms with Crippen LogP contribution in [-0.2, 0) is 4.74 Å². The van der Waals surface area contributed by atoms with Crippen LogP contribution in [0.2, 0.25) is 0 Å². The summed E-state index contributed by atoms with van der Waals surface area (Å²) in [7, 11) is 0. The summed E-state index contributed by atoms with van der Waals surface area (Å²) in [5.41, 5.74) is 0.921. The second-order valence-electron chi connectivity index (χ2n) is 8.28. The van der Waals surface area contributed by atoms with Crippen LogP contribution in [0.1, 0.15) is 58.4 Å². The van der Waals surface area contributed by atoms with Gasteiger partial charge in [0.25, 0.3) is 0 Å². The molecule has 0 aromatic heterocycles. The summed E-state index contributed by atoms with van der Waals surface area (Å²) < 4.78 is 5.40. The van der Waals surface area contributed by atoms with Gasteiger partial charge in [0.15, 0.2) is 0 Å². The second-order valence-corrected chi connectivity index (χ2v) is 8.28. The van der Waals surface area contributed by atoms with Crippen molar-refractivity contribution < 1.29 is 9.53 Å². The lowest BCUT2D eigenvalue weighted by Crippen LogP contribution is -2.40. The largest absolute Gasteiger partial charge is 0.444 e. The Balaban J connectivity index is 1.96. The van der Waals surface area contributed by atoms with Crippen LogP contribution >= 0.6 is 0 Å². The molecule has 0 aliphatic carbocycles. The topological polar surface area (TPSA) is 50.4 Å². The Kier molecular flexibility index (Phi) is 7.30. The molecule has 0 spiro atoms. The van der Waals surface area contributed by atoms with Gasteiger partial charge in [0, 0.05) is 6.54 Å². The molecule has 4 heteroatoms. The number of rotatable bonds is 6. The molecule has 2 N–H and O–H groups in total. The van der Waals surface area contributed by atoms with Gasteiger partial charge in [-0.3, -0.25) is 0 Å². The molecule has 1 saturated heterocycles. The molecule has 4 nitrogen and oxygen atoms in total. The third kappa shape index (κ3) is 7.07. The van der Waals surface area contributed by atoms with Gasteiger partial charge in [-0.1, -0.05) is 37.3 Å². The van der Waals surface area contributed by atoms with Crippen LogP contribution in [0.5, 0.6) is 0 Å². The zero-order chi connectivity index (χ0) is 18.3. The van der Waals surface area contributed by atoms with Crippen LogP contribution in [0.4, 0.5) is 4.79 Å². The first kappa shape index (κ1) is 19.8. The molecule has 1 aliphatic rings. The van der Waals surface area contributed by atoms with Crippen molar-refractivity contribution >= 4 is 6.09 Å². The fraction of sp³-hybridized carbons (Fsp3) is 0.667. The van der Waals surface area contributed by atoms with Crippen LogP contribution < -0.4 is 10.6 Å². The molecule has 0 radical (unpaired) electrons. The van der Waals surface area contributed by atoms with E-state index in [2.05, 4.69) is 47.9 Å². The van der Waals surface area contributed by atoms with E-state index >= 15 is 0 Å². The fourth-order valence-corrected chi connectivity index (χ4v) is 3.66. The van der Waals surface area contributed by atoms with Crippen molar-refractivity contribution in [2.45, 2.75) is 58.5 Å². The van der Waals surface area contributed by atoms with E-state index in [1.54, 1.807) is 0 Å².